The van der Waals surface area contributed by atoms with Crippen molar-refractivity contribution in [1.29, 1.82) is 0 Å². The van der Waals surface area contributed by atoms with E-state index >= 15 is 0 Å². The third-order valence-corrected chi connectivity index (χ3v) is 1.87. The molecule has 0 atom stereocenters. The third-order valence-electron chi connectivity index (χ3n) is 1.87. The summed E-state index contributed by atoms with van der Waals surface area (Å²) in [5, 5.41) is 0. The highest BCUT2D eigenvalue weighted by atomic mass is 17.2. The molecule has 0 saturated carbocycles. The van der Waals surface area contributed by atoms with Crippen molar-refractivity contribution in [3.05, 3.63) is 23.5 Å². The first-order valence-electron chi connectivity index (χ1n) is 4.43. The second-order valence-electron chi connectivity index (χ2n) is 3.17. The van der Waals surface area contributed by atoms with Crippen molar-refractivity contribution in [1.82, 2.24) is 0 Å². The molecule has 0 radical (unpaired) electrons. The number of carbonyl (C=O) groups is 2. The summed E-state index contributed by atoms with van der Waals surface area (Å²) in [6, 6.07) is 0. The predicted octanol–water partition coefficient (Wildman–Crippen LogP) is 1.26. The Morgan fingerprint density at radius 2 is 1.80 bits per heavy atom. The molecule has 0 bridgehead atoms. The Bertz CT molecular complexity index is 334. The van der Waals surface area contributed by atoms with Crippen molar-refractivity contribution in [3.63, 3.8) is 0 Å². The van der Waals surface area contributed by atoms with Gasteiger partial charge in [-0.05, 0) is 13.8 Å². The Hall–Kier alpha value is -1.78. The van der Waals surface area contributed by atoms with Crippen LogP contribution < -0.4 is 0 Å². The number of ether oxygens (including phenoxy) is 1. The number of rotatable bonds is 2. The molecule has 5 nitrogen and oxygen atoms in total. The largest absolute Gasteiger partial charge is 0.497 e. The molecule has 0 aromatic rings. The fourth-order valence-corrected chi connectivity index (χ4v) is 0.823. The second-order valence-corrected chi connectivity index (χ2v) is 3.17. The van der Waals surface area contributed by atoms with Crippen LogP contribution in [-0.2, 0) is 24.1 Å². The Morgan fingerprint density at radius 1 is 1.27 bits per heavy atom. The molecular weight excluding hydrogens is 200 g/mol. The summed E-state index contributed by atoms with van der Waals surface area (Å²) < 4.78 is 4.99. The lowest BCUT2D eigenvalue weighted by Crippen LogP contribution is -2.18. The Labute approximate surface area is 87.2 Å². The molecular formula is C10H12O5. The van der Waals surface area contributed by atoms with Crippen molar-refractivity contribution in [2.45, 2.75) is 20.3 Å². The molecule has 0 spiro atoms. The van der Waals surface area contributed by atoms with E-state index in [0.29, 0.717) is 24.4 Å². The predicted molar refractivity (Wildman–Crippen MR) is 50.3 cm³/mol. The van der Waals surface area contributed by atoms with Gasteiger partial charge < -0.3 is 4.74 Å². The van der Waals surface area contributed by atoms with Crippen molar-refractivity contribution in [3.8, 4) is 0 Å². The molecule has 0 aromatic carbocycles. The van der Waals surface area contributed by atoms with E-state index in [4.69, 9.17) is 4.74 Å². The van der Waals surface area contributed by atoms with E-state index in [1.54, 1.807) is 6.92 Å². The van der Waals surface area contributed by atoms with E-state index in [1.807, 2.05) is 0 Å². The summed E-state index contributed by atoms with van der Waals surface area (Å²) in [5.74, 6) is -0.915. The van der Waals surface area contributed by atoms with Crippen LogP contribution in [0.15, 0.2) is 23.5 Å². The number of hydrogen-bond acceptors (Lipinski definition) is 5. The zero-order valence-corrected chi connectivity index (χ0v) is 8.66. The first kappa shape index (κ1) is 11.3. The molecule has 1 rings (SSSR count). The minimum atomic E-state index is -0.768. The van der Waals surface area contributed by atoms with Gasteiger partial charge in [0.05, 0.1) is 12.2 Å². The van der Waals surface area contributed by atoms with Crippen LogP contribution in [0, 0.1) is 0 Å². The van der Waals surface area contributed by atoms with Gasteiger partial charge in [0, 0.05) is 12.0 Å². The first-order chi connectivity index (χ1) is 7.02. The zero-order valence-electron chi connectivity index (χ0n) is 8.66. The van der Waals surface area contributed by atoms with E-state index in [-0.39, 0.29) is 5.57 Å². The maximum absolute atomic E-state index is 11.2. The number of carbonyl (C=O) groups excluding carboxylic acids is 2. The standard InChI is InChI=1S/C10H12O5/c1-6(2)9(11)14-15-10(12)7(3)8-4-5-13-8/h1,4-5H2,2-3H3/b8-7+. The van der Waals surface area contributed by atoms with E-state index in [9.17, 15) is 9.59 Å². The fourth-order valence-electron chi connectivity index (χ4n) is 0.823. The molecule has 0 N–H and O–H groups in total. The molecule has 1 saturated heterocycles. The van der Waals surface area contributed by atoms with Crippen molar-refractivity contribution >= 4 is 11.9 Å². The fraction of sp³-hybridized carbons (Fsp3) is 0.400. The normalized spacial score (nSPS) is 16.9. The summed E-state index contributed by atoms with van der Waals surface area (Å²) in [7, 11) is 0. The highest BCUT2D eigenvalue weighted by Crippen LogP contribution is 2.20. The summed E-state index contributed by atoms with van der Waals surface area (Å²) in [5.41, 5.74) is 0.476. The van der Waals surface area contributed by atoms with E-state index in [2.05, 4.69) is 16.4 Å². The topological polar surface area (TPSA) is 61.8 Å². The van der Waals surface area contributed by atoms with Crippen LogP contribution >= 0.6 is 0 Å². The van der Waals surface area contributed by atoms with Gasteiger partial charge >= 0.3 is 11.9 Å². The third kappa shape index (κ3) is 2.83. The number of hydrogen-bond donors (Lipinski definition) is 0. The molecule has 5 heteroatoms. The molecule has 0 amide bonds. The van der Waals surface area contributed by atoms with Gasteiger partial charge in [0.1, 0.15) is 5.76 Å². The lowest BCUT2D eigenvalue weighted by Gasteiger charge is -2.20. The summed E-state index contributed by atoms with van der Waals surface area (Å²) in [4.78, 5) is 30.6. The van der Waals surface area contributed by atoms with Crippen LogP contribution in [0.1, 0.15) is 20.3 Å². The lowest BCUT2D eigenvalue weighted by molar-refractivity contribution is -0.252. The molecule has 82 valence electrons. The average Bonchev–Trinajstić information content (AvgIpc) is 2.10. The van der Waals surface area contributed by atoms with Gasteiger partial charge in [-0.3, -0.25) is 0 Å². The molecule has 15 heavy (non-hydrogen) atoms. The van der Waals surface area contributed by atoms with Gasteiger partial charge in [0.2, 0.25) is 0 Å². The van der Waals surface area contributed by atoms with Crippen LogP contribution in [0.5, 0.6) is 0 Å². The Morgan fingerprint density at radius 3 is 2.20 bits per heavy atom. The van der Waals surface area contributed by atoms with Crippen LogP contribution in [-0.4, -0.2) is 18.5 Å². The van der Waals surface area contributed by atoms with Crippen LogP contribution in [0.2, 0.25) is 0 Å². The highest BCUT2D eigenvalue weighted by molar-refractivity contribution is 5.90. The van der Waals surface area contributed by atoms with Gasteiger partial charge in [-0.25, -0.2) is 19.4 Å². The summed E-state index contributed by atoms with van der Waals surface area (Å²) in [6.45, 7) is 6.94. The van der Waals surface area contributed by atoms with Gasteiger partial charge in [0.15, 0.2) is 0 Å². The van der Waals surface area contributed by atoms with E-state index in [0.717, 1.165) is 0 Å². The maximum atomic E-state index is 11.2. The van der Waals surface area contributed by atoms with Crippen molar-refractivity contribution in [2.24, 2.45) is 0 Å². The zero-order chi connectivity index (χ0) is 11.4. The molecule has 0 unspecified atom stereocenters. The minimum absolute atomic E-state index is 0.160. The average molecular weight is 212 g/mol. The molecule has 0 aromatic heterocycles. The van der Waals surface area contributed by atoms with Crippen LogP contribution in [0.25, 0.3) is 0 Å². The first-order valence-corrected chi connectivity index (χ1v) is 4.43. The minimum Gasteiger partial charge on any atom is -0.497 e. The van der Waals surface area contributed by atoms with Crippen LogP contribution in [0.3, 0.4) is 0 Å². The SMILES string of the molecule is C=C(C)C(=O)OOC(=O)/C(C)=C1\CCO1. The quantitative estimate of drug-likeness (QED) is 0.391. The van der Waals surface area contributed by atoms with Gasteiger partial charge in [-0.15, -0.1) is 0 Å². The molecule has 1 fully saturated rings. The monoisotopic (exact) mass is 212 g/mol. The smallest absolute Gasteiger partial charge is 0.385 e. The second kappa shape index (κ2) is 4.63. The van der Waals surface area contributed by atoms with Gasteiger partial charge in [0.25, 0.3) is 0 Å². The summed E-state index contributed by atoms with van der Waals surface area (Å²) >= 11 is 0. The molecule has 1 heterocycles. The van der Waals surface area contributed by atoms with E-state index in [1.165, 1.54) is 6.92 Å². The van der Waals surface area contributed by atoms with Gasteiger partial charge in [-0.2, -0.15) is 0 Å². The Kier molecular flexibility index (Phi) is 3.49. The van der Waals surface area contributed by atoms with Crippen molar-refractivity contribution < 1.29 is 24.1 Å². The molecule has 1 aliphatic heterocycles. The molecule has 0 aliphatic carbocycles. The van der Waals surface area contributed by atoms with Crippen molar-refractivity contribution in [2.75, 3.05) is 6.61 Å². The molecule has 1 aliphatic rings. The van der Waals surface area contributed by atoms with Crippen LogP contribution in [0.4, 0.5) is 0 Å². The lowest BCUT2D eigenvalue weighted by atomic mass is 10.2. The maximum Gasteiger partial charge on any atom is 0.385 e. The van der Waals surface area contributed by atoms with Gasteiger partial charge in [-0.1, -0.05) is 6.58 Å². The Balaban J connectivity index is 2.43. The van der Waals surface area contributed by atoms with E-state index < -0.39 is 11.9 Å². The summed E-state index contributed by atoms with van der Waals surface area (Å²) in [6.07, 6.45) is 0.704. The highest BCUT2D eigenvalue weighted by Gasteiger charge is 2.21.